The molecule has 0 bridgehead atoms. The van der Waals surface area contributed by atoms with E-state index in [1.165, 1.54) is 7.11 Å². The van der Waals surface area contributed by atoms with Crippen LogP contribution in [0.1, 0.15) is 31.1 Å². The molecule has 0 aromatic heterocycles. The molecule has 0 saturated heterocycles. The quantitative estimate of drug-likeness (QED) is 0.814. The molecule has 0 unspecified atom stereocenters. The van der Waals surface area contributed by atoms with Crippen molar-refractivity contribution in [2.75, 3.05) is 12.4 Å². The highest BCUT2D eigenvalue weighted by Crippen LogP contribution is 2.27. The summed E-state index contributed by atoms with van der Waals surface area (Å²) in [5.41, 5.74) is 2.05. The molecule has 1 N–H and O–H groups in total. The van der Waals surface area contributed by atoms with Crippen LogP contribution in [0, 0.1) is 5.41 Å². The van der Waals surface area contributed by atoms with Crippen LogP contribution in [0.2, 0.25) is 5.02 Å². The summed E-state index contributed by atoms with van der Waals surface area (Å²) in [6, 6.07) is 12.4. The summed E-state index contributed by atoms with van der Waals surface area (Å²) in [5, 5.41) is 3.48. The molecule has 2 rings (SSSR count). The molecule has 0 saturated carbocycles. The van der Waals surface area contributed by atoms with Crippen molar-refractivity contribution in [3.05, 3.63) is 53.1 Å². The van der Waals surface area contributed by atoms with Crippen molar-refractivity contribution in [2.45, 2.75) is 20.8 Å². The Morgan fingerprint density at radius 3 is 2.17 bits per heavy atom. The number of halogens is 1. The Bertz CT molecular complexity index is 761. The van der Waals surface area contributed by atoms with Gasteiger partial charge in [0.15, 0.2) is 0 Å². The standard InChI is InChI=1S/C19H20ClNO3/c1-19(2,3)18(23)21-16-10-13(9-14(11-16)17(22)24-4)12-5-7-15(20)8-6-12/h5-11H,1-4H3,(H,21,23). The third-order valence-electron chi connectivity index (χ3n) is 3.47. The number of esters is 1. The first-order valence-electron chi connectivity index (χ1n) is 7.51. The molecule has 126 valence electrons. The van der Waals surface area contributed by atoms with Crippen LogP contribution < -0.4 is 5.32 Å². The zero-order valence-corrected chi connectivity index (χ0v) is 14.9. The van der Waals surface area contributed by atoms with Crippen LogP contribution in [0.5, 0.6) is 0 Å². The minimum absolute atomic E-state index is 0.133. The molecule has 0 aliphatic carbocycles. The van der Waals surface area contributed by atoms with Crippen molar-refractivity contribution in [2.24, 2.45) is 5.41 Å². The zero-order chi connectivity index (χ0) is 17.9. The van der Waals surface area contributed by atoms with E-state index in [2.05, 4.69) is 5.32 Å². The predicted octanol–water partition coefficient (Wildman–Crippen LogP) is 4.78. The summed E-state index contributed by atoms with van der Waals surface area (Å²) >= 11 is 5.92. The SMILES string of the molecule is COC(=O)c1cc(NC(=O)C(C)(C)C)cc(-c2ccc(Cl)cc2)c1. The summed E-state index contributed by atoms with van der Waals surface area (Å²) in [5.74, 6) is -0.594. The van der Waals surface area contributed by atoms with Crippen molar-refractivity contribution in [1.29, 1.82) is 0 Å². The van der Waals surface area contributed by atoms with E-state index in [0.717, 1.165) is 11.1 Å². The van der Waals surface area contributed by atoms with Crippen molar-refractivity contribution in [1.82, 2.24) is 0 Å². The topological polar surface area (TPSA) is 55.4 Å². The van der Waals surface area contributed by atoms with Gasteiger partial charge in [-0.1, -0.05) is 44.5 Å². The number of benzene rings is 2. The van der Waals surface area contributed by atoms with Crippen molar-refractivity contribution < 1.29 is 14.3 Å². The van der Waals surface area contributed by atoms with E-state index in [9.17, 15) is 9.59 Å². The highest BCUT2D eigenvalue weighted by molar-refractivity contribution is 6.30. The molecule has 1 amide bonds. The van der Waals surface area contributed by atoms with Gasteiger partial charge in [-0.25, -0.2) is 4.79 Å². The van der Waals surface area contributed by atoms with Crippen LogP contribution in [0.25, 0.3) is 11.1 Å². The van der Waals surface area contributed by atoms with Gasteiger partial charge in [-0.15, -0.1) is 0 Å². The van der Waals surface area contributed by atoms with Gasteiger partial charge in [0, 0.05) is 16.1 Å². The number of rotatable bonds is 3. The third-order valence-corrected chi connectivity index (χ3v) is 3.72. The lowest BCUT2D eigenvalue weighted by molar-refractivity contribution is -0.123. The van der Waals surface area contributed by atoms with Crippen LogP contribution in [0.15, 0.2) is 42.5 Å². The molecule has 0 fully saturated rings. The number of nitrogens with one attached hydrogen (secondary N) is 1. The second kappa shape index (κ2) is 7.05. The first kappa shape index (κ1) is 18.0. The first-order chi connectivity index (χ1) is 11.2. The minimum Gasteiger partial charge on any atom is -0.465 e. The van der Waals surface area contributed by atoms with Gasteiger partial charge in [-0.3, -0.25) is 4.79 Å². The number of anilines is 1. The van der Waals surface area contributed by atoms with Crippen LogP contribution >= 0.6 is 11.6 Å². The largest absolute Gasteiger partial charge is 0.465 e. The number of hydrogen-bond acceptors (Lipinski definition) is 3. The lowest BCUT2D eigenvalue weighted by Crippen LogP contribution is -2.27. The van der Waals surface area contributed by atoms with Gasteiger partial charge in [-0.05, 0) is 41.5 Å². The average Bonchev–Trinajstić information content (AvgIpc) is 2.53. The Kier molecular flexibility index (Phi) is 5.30. The molecular formula is C19H20ClNO3. The van der Waals surface area contributed by atoms with E-state index in [1.54, 1.807) is 24.3 Å². The van der Waals surface area contributed by atoms with E-state index in [-0.39, 0.29) is 5.91 Å². The lowest BCUT2D eigenvalue weighted by atomic mass is 9.95. The molecule has 2 aromatic rings. The van der Waals surface area contributed by atoms with Crippen LogP contribution in [0.4, 0.5) is 5.69 Å². The van der Waals surface area contributed by atoms with Gasteiger partial charge in [0.05, 0.1) is 12.7 Å². The number of hydrogen-bond donors (Lipinski definition) is 1. The highest BCUT2D eigenvalue weighted by Gasteiger charge is 2.22. The van der Waals surface area contributed by atoms with E-state index in [4.69, 9.17) is 16.3 Å². The summed E-state index contributed by atoms with van der Waals surface area (Å²) in [7, 11) is 1.32. The maximum atomic E-state index is 12.2. The maximum Gasteiger partial charge on any atom is 0.337 e. The summed E-state index contributed by atoms with van der Waals surface area (Å²) in [4.78, 5) is 24.2. The molecule has 0 aliphatic heterocycles. The van der Waals surface area contributed by atoms with Gasteiger partial charge in [0.1, 0.15) is 0 Å². The van der Waals surface area contributed by atoms with Gasteiger partial charge in [0.2, 0.25) is 5.91 Å². The number of amides is 1. The van der Waals surface area contributed by atoms with E-state index < -0.39 is 11.4 Å². The number of carbonyl (C=O) groups is 2. The second-order valence-electron chi connectivity index (χ2n) is 6.50. The molecule has 2 aromatic carbocycles. The van der Waals surface area contributed by atoms with Gasteiger partial charge < -0.3 is 10.1 Å². The maximum absolute atomic E-state index is 12.2. The molecule has 5 heteroatoms. The molecule has 0 atom stereocenters. The Morgan fingerprint density at radius 1 is 1.00 bits per heavy atom. The third kappa shape index (κ3) is 4.36. The zero-order valence-electron chi connectivity index (χ0n) is 14.1. The fourth-order valence-electron chi connectivity index (χ4n) is 2.06. The Labute approximate surface area is 146 Å². The Hall–Kier alpha value is -2.33. The fourth-order valence-corrected chi connectivity index (χ4v) is 2.19. The van der Waals surface area contributed by atoms with E-state index in [0.29, 0.717) is 16.3 Å². The number of methoxy groups -OCH3 is 1. The van der Waals surface area contributed by atoms with Crippen molar-refractivity contribution in [3.8, 4) is 11.1 Å². The second-order valence-corrected chi connectivity index (χ2v) is 6.94. The molecule has 4 nitrogen and oxygen atoms in total. The summed E-state index contributed by atoms with van der Waals surface area (Å²) in [6.07, 6.45) is 0. The minimum atomic E-state index is -0.540. The van der Waals surface area contributed by atoms with Crippen molar-refractivity contribution in [3.63, 3.8) is 0 Å². The number of ether oxygens (including phenoxy) is 1. The molecular weight excluding hydrogens is 326 g/mol. The Morgan fingerprint density at radius 2 is 1.62 bits per heavy atom. The summed E-state index contributed by atoms with van der Waals surface area (Å²) in [6.45, 7) is 5.48. The molecule has 0 aliphatic rings. The van der Waals surface area contributed by atoms with Gasteiger partial charge in [-0.2, -0.15) is 0 Å². The van der Waals surface area contributed by atoms with E-state index >= 15 is 0 Å². The lowest BCUT2D eigenvalue weighted by Gasteiger charge is -2.18. The Balaban J connectivity index is 2.47. The molecule has 0 heterocycles. The smallest absolute Gasteiger partial charge is 0.337 e. The van der Waals surface area contributed by atoms with Crippen LogP contribution in [-0.4, -0.2) is 19.0 Å². The summed E-state index contributed by atoms with van der Waals surface area (Å²) < 4.78 is 4.80. The fraction of sp³-hybridized carbons (Fsp3) is 0.263. The van der Waals surface area contributed by atoms with Gasteiger partial charge in [0.25, 0.3) is 0 Å². The monoisotopic (exact) mass is 345 g/mol. The number of carbonyl (C=O) groups excluding carboxylic acids is 2. The predicted molar refractivity (Wildman–Crippen MR) is 96.3 cm³/mol. The van der Waals surface area contributed by atoms with E-state index in [1.807, 2.05) is 39.0 Å². The van der Waals surface area contributed by atoms with Crippen LogP contribution in [0.3, 0.4) is 0 Å². The molecule has 24 heavy (non-hydrogen) atoms. The van der Waals surface area contributed by atoms with Gasteiger partial charge >= 0.3 is 5.97 Å². The average molecular weight is 346 g/mol. The first-order valence-corrected chi connectivity index (χ1v) is 7.89. The normalized spacial score (nSPS) is 11.0. The molecule has 0 radical (unpaired) electrons. The van der Waals surface area contributed by atoms with Crippen molar-refractivity contribution >= 4 is 29.2 Å². The molecule has 0 spiro atoms. The highest BCUT2D eigenvalue weighted by atomic mass is 35.5. The van der Waals surface area contributed by atoms with Crippen LogP contribution in [-0.2, 0) is 9.53 Å².